The Morgan fingerprint density at radius 3 is 2.32 bits per heavy atom. The zero-order valence-corrected chi connectivity index (χ0v) is 12.2. The van der Waals surface area contributed by atoms with Crippen molar-refractivity contribution in [1.82, 2.24) is 4.98 Å². The van der Waals surface area contributed by atoms with Crippen molar-refractivity contribution in [3.05, 3.63) is 29.4 Å². The molecule has 1 aromatic rings. The van der Waals surface area contributed by atoms with Crippen LogP contribution in [0, 0.1) is 6.92 Å². The van der Waals surface area contributed by atoms with E-state index in [0.29, 0.717) is 5.82 Å². The summed E-state index contributed by atoms with van der Waals surface area (Å²) in [4.78, 5) is 4.09. The van der Waals surface area contributed by atoms with Gasteiger partial charge in [-0.1, -0.05) is 12.1 Å². The first-order valence-electron chi connectivity index (χ1n) is 6.48. The fourth-order valence-corrected chi connectivity index (χ4v) is 1.95. The average Bonchev–Trinajstić information content (AvgIpc) is 2.46. The molecule has 5 heteroatoms. The number of nitrogen functional groups attached to an aromatic ring is 1. The van der Waals surface area contributed by atoms with Gasteiger partial charge in [-0.3, -0.25) is 0 Å². The minimum atomic E-state index is -0.357. The second kappa shape index (κ2) is 4.65. The molecular formula is C14H21BN2O2. The molecular weight excluding hydrogens is 239 g/mol. The van der Waals surface area contributed by atoms with E-state index >= 15 is 0 Å². The SMILES string of the molecule is Cc1ccnc(N)c1/C=C/B1OC(C)(C)C(C)(C)O1. The zero-order valence-electron chi connectivity index (χ0n) is 12.2. The summed E-state index contributed by atoms with van der Waals surface area (Å²) in [6.07, 6.45) is 3.62. The van der Waals surface area contributed by atoms with Crippen LogP contribution in [-0.4, -0.2) is 23.3 Å². The Bertz CT molecular complexity index is 476. The summed E-state index contributed by atoms with van der Waals surface area (Å²) in [6, 6.07) is 1.93. The molecule has 0 aliphatic carbocycles. The van der Waals surface area contributed by atoms with Crippen molar-refractivity contribution in [3.8, 4) is 0 Å². The molecule has 0 spiro atoms. The van der Waals surface area contributed by atoms with Crippen LogP contribution in [0.2, 0.25) is 0 Å². The Labute approximate surface area is 115 Å². The van der Waals surface area contributed by atoms with E-state index in [4.69, 9.17) is 15.0 Å². The van der Waals surface area contributed by atoms with Crippen molar-refractivity contribution < 1.29 is 9.31 Å². The van der Waals surface area contributed by atoms with Crippen LogP contribution in [0.3, 0.4) is 0 Å². The third kappa shape index (κ3) is 2.67. The number of aryl methyl sites for hydroxylation is 1. The van der Waals surface area contributed by atoms with Crippen LogP contribution in [0.5, 0.6) is 0 Å². The molecule has 0 unspecified atom stereocenters. The van der Waals surface area contributed by atoms with Crippen molar-refractivity contribution in [1.29, 1.82) is 0 Å². The van der Waals surface area contributed by atoms with Gasteiger partial charge in [-0.2, -0.15) is 0 Å². The molecule has 19 heavy (non-hydrogen) atoms. The van der Waals surface area contributed by atoms with E-state index in [-0.39, 0.29) is 18.3 Å². The first kappa shape index (κ1) is 14.1. The van der Waals surface area contributed by atoms with E-state index in [1.165, 1.54) is 0 Å². The summed E-state index contributed by atoms with van der Waals surface area (Å²) < 4.78 is 11.8. The number of aromatic nitrogens is 1. The van der Waals surface area contributed by atoms with Crippen molar-refractivity contribution in [3.63, 3.8) is 0 Å². The summed E-state index contributed by atoms with van der Waals surface area (Å²) in [7, 11) is -0.357. The quantitative estimate of drug-likeness (QED) is 0.830. The maximum absolute atomic E-state index is 5.90. The average molecular weight is 260 g/mol. The van der Waals surface area contributed by atoms with Crippen LogP contribution in [-0.2, 0) is 9.31 Å². The van der Waals surface area contributed by atoms with E-state index in [1.807, 2.05) is 52.7 Å². The van der Waals surface area contributed by atoms with E-state index in [2.05, 4.69) is 4.98 Å². The highest BCUT2D eigenvalue weighted by Gasteiger charge is 2.49. The Morgan fingerprint density at radius 2 is 1.79 bits per heavy atom. The highest BCUT2D eigenvalue weighted by Crippen LogP contribution is 2.37. The van der Waals surface area contributed by atoms with Crippen LogP contribution >= 0.6 is 0 Å². The lowest BCUT2D eigenvalue weighted by Crippen LogP contribution is -2.41. The molecule has 0 atom stereocenters. The van der Waals surface area contributed by atoms with Crippen LogP contribution in [0.1, 0.15) is 38.8 Å². The van der Waals surface area contributed by atoms with Crippen molar-refractivity contribution in [2.75, 3.05) is 5.73 Å². The van der Waals surface area contributed by atoms with Gasteiger partial charge >= 0.3 is 7.12 Å². The monoisotopic (exact) mass is 260 g/mol. The van der Waals surface area contributed by atoms with Crippen LogP contribution < -0.4 is 5.73 Å². The van der Waals surface area contributed by atoms with Crippen LogP contribution in [0.25, 0.3) is 6.08 Å². The molecule has 2 N–H and O–H groups in total. The number of hydrogen-bond acceptors (Lipinski definition) is 4. The molecule has 102 valence electrons. The van der Waals surface area contributed by atoms with Gasteiger partial charge in [-0.05, 0) is 46.2 Å². The summed E-state index contributed by atoms with van der Waals surface area (Å²) in [5.41, 5.74) is 7.22. The van der Waals surface area contributed by atoms with Gasteiger partial charge in [-0.25, -0.2) is 4.98 Å². The third-order valence-electron chi connectivity index (χ3n) is 3.93. The van der Waals surface area contributed by atoms with E-state index < -0.39 is 0 Å². The second-order valence-corrected chi connectivity index (χ2v) is 5.91. The van der Waals surface area contributed by atoms with Crippen LogP contribution in [0.15, 0.2) is 18.2 Å². The largest absolute Gasteiger partial charge is 0.487 e. The minimum Gasteiger partial charge on any atom is -0.400 e. The van der Waals surface area contributed by atoms with Crippen molar-refractivity contribution >= 4 is 19.0 Å². The molecule has 1 aliphatic heterocycles. The summed E-state index contributed by atoms with van der Waals surface area (Å²) in [5, 5.41) is 0. The highest BCUT2D eigenvalue weighted by atomic mass is 16.7. The lowest BCUT2D eigenvalue weighted by molar-refractivity contribution is 0.00578. The van der Waals surface area contributed by atoms with Gasteiger partial charge in [0.25, 0.3) is 0 Å². The van der Waals surface area contributed by atoms with Gasteiger partial charge in [0, 0.05) is 11.8 Å². The summed E-state index contributed by atoms with van der Waals surface area (Å²) in [6.45, 7) is 10.1. The predicted molar refractivity (Wildman–Crippen MR) is 78.5 cm³/mol. The third-order valence-corrected chi connectivity index (χ3v) is 3.93. The lowest BCUT2D eigenvalue weighted by Gasteiger charge is -2.32. The summed E-state index contributed by atoms with van der Waals surface area (Å²) in [5.74, 6) is 2.41. The fourth-order valence-electron chi connectivity index (χ4n) is 1.95. The summed E-state index contributed by atoms with van der Waals surface area (Å²) >= 11 is 0. The van der Waals surface area contributed by atoms with E-state index in [1.54, 1.807) is 6.20 Å². The first-order chi connectivity index (χ1) is 8.73. The molecule has 4 nitrogen and oxygen atoms in total. The van der Waals surface area contributed by atoms with Gasteiger partial charge in [0.2, 0.25) is 0 Å². The highest BCUT2D eigenvalue weighted by molar-refractivity contribution is 6.52. The van der Waals surface area contributed by atoms with Gasteiger partial charge in [0.1, 0.15) is 5.82 Å². The van der Waals surface area contributed by atoms with E-state index in [0.717, 1.165) is 11.1 Å². The Morgan fingerprint density at radius 1 is 1.21 bits per heavy atom. The number of rotatable bonds is 2. The topological polar surface area (TPSA) is 57.4 Å². The molecule has 0 bridgehead atoms. The van der Waals surface area contributed by atoms with Crippen molar-refractivity contribution in [2.24, 2.45) is 0 Å². The molecule has 0 saturated carbocycles. The normalized spacial score (nSPS) is 21.2. The van der Waals surface area contributed by atoms with Gasteiger partial charge in [-0.15, -0.1) is 0 Å². The van der Waals surface area contributed by atoms with Gasteiger partial charge in [0.05, 0.1) is 11.2 Å². The molecule has 1 aromatic heterocycles. The molecule has 0 radical (unpaired) electrons. The molecule has 1 saturated heterocycles. The van der Waals surface area contributed by atoms with Crippen molar-refractivity contribution in [2.45, 2.75) is 45.8 Å². The lowest BCUT2D eigenvalue weighted by atomic mass is 9.88. The maximum atomic E-state index is 5.90. The molecule has 0 amide bonds. The van der Waals surface area contributed by atoms with Gasteiger partial charge < -0.3 is 15.0 Å². The fraction of sp³-hybridized carbons (Fsp3) is 0.500. The number of anilines is 1. The Hall–Kier alpha value is -1.33. The van der Waals surface area contributed by atoms with Crippen LogP contribution in [0.4, 0.5) is 5.82 Å². The van der Waals surface area contributed by atoms with E-state index in [9.17, 15) is 0 Å². The number of pyridine rings is 1. The number of hydrogen-bond donors (Lipinski definition) is 1. The Balaban J connectivity index is 2.18. The smallest absolute Gasteiger partial charge is 0.400 e. The Kier molecular flexibility index (Phi) is 3.45. The zero-order chi connectivity index (χ0) is 14.3. The maximum Gasteiger partial charge on any atom is 0.487 e. The molecule has 2 rings (SSSR count). The van der Waals surface area contributed by atoms with Gasteiger partial charge in [0.15, 0.2) is 0 Å². The first-order valence-corrected chi connectivity index (χ1v) is 6.48. The predicted octanol–water partition coefficient (Wildman–Crippen LogP) is 2.62. The second-order valence-electron chi connectivity index (χ2n) is 5.91. The number of nitrogens with zero attached hydrogens (tertiary/aromatic N) is 1. The molecule has 1 aliphatic rings. The molecule has 1 fully saturated rings. The molecule has 2 heterocycles. The number of nitrogens with two attached hydrogens (primary N) is 1. The minimum absolute atomic E-state index is 0.322. The standard InChI is InChI=1S/C14H21BN2O2/c1-10-7-9-17-12(16)11(10)6-8-15-18-13(2,3)14(4,5)19-15/h6-9H,1-5H3,(H2,16,17)/b8-6+. The molecule has 0 aromatic carbocycles.